The van der Waals surface area contributed by atoms with Crippen LogP contribution >= 0.6 is 0 Å². The maximum absolute atomic E-state index is 12.4. The lowest BCUT2D eigenvalue weighted by atomic mass is 10.1. The summed E-state index contributed by atoms with van der Waals surface area (Å²) in [5.41, 5.74) is 5.10. The number of nitrogens with zero attached hydrogens (tertiary/aromatic N) is 2. The van der Waals surface area contributed by atoms with Crippen molar-refractivity contribution in [1.82, 2.24) is 15.6 Å². The van der Waals surface area contributed by atoms with Crippen LogP contribution in [0.25, 0.3) is 22.4 Å². The van der Waals surface area contributed by atoms with Gasteiger partial charge in [-0.1, -0.05) is 5.16 Å². The Hall–Kier alpha value is -2.67. The Balaban J connectivity index is 2.18. The van der Waals surface area contributed by atoms with E-state index in [-0.39, 0.29) is 5.91 Å². The minimum absolute atomic E-state index is 0.305. The molecule has 1 N–H and O–H groups in total. The highest BCUT2D eigenvalue weighted by Crippen LogP contribution is 2.30. The minimum Gasteiger partial charge on any atom is -0.466 e. The number of pyridine rings is 1. The first-order chi connectivity index (χ1) is 11.0. The van der Waals surface area contributed by atoms with Gasteiger partial charge in [-0.05, 0) is 39.8 Å². The van der Waals surface area contributed by atoms with E-state index < -0.39 is 0 Å². The van der Waals surface area contributed by atoms with E-state index in [9.17, 15) is 4.79 Å². The number of nitrogens with one attached hydrogen (secondary N) is 1. The van der Waals surface area contributed by atoms with Crippen LogP contribution in [0.1, 0.15) is 34.5 Å². The van der Waals surface area contributed by atoms with Crippen molar-refractivity contribution in [3.8, 4) is 11.3 Å². The number of hydrogen-bond acceptors (Lipinski definition) is 6. The SMILES string of the molecule is CCONC(=O)c1cc(-c2cc(C)oc2C)nc2onc(C)c12. The van der Waals surface area contributed by atoms with E-state index in [1.165, 1.54) is 0 Å². The van der Waals surface area contributed by atoms with Gasteiger partial charge in [-0.25, -0.2) is 10.5 Å². The molecule has 0 fully saturated rings. The summed E-state index contributed by atoms with van der Waals surface area (Å²) in [7, 11) is 0. The molecule has 0 radical (unpaired) electrons. The zero-order valence-electron chi connectivity index (χ0n) is 13.4. The molecule has 0 spiro atoms. The molecule has 0 bridgehead atoms. The minimum atomic E-state index is -0.371. The number of hydroxylamine groups is 1. The quantitative estimate of drug-likeness (QED) is 0.744. The topological polar surface area (TPSA) is 90.4 Å². The molecule has 0 saturated carbocycles. The summed E-state index contributed by atoms with van der Waals surface area (Å²) >= 11 is 0. The maximum Gasteiger partial charge on any atom is 0.275 e. The molecule has 0 aliphatic heterocycles. The number of rotatable bonds is 4. The number of aromatic nitrogens is 2. The summed E-state index contributed by atoms with van der Waals surface area (Å²) in [5, 5.41) is 4.47. The largest absolute Gasteiger partial charge is 0.466 e. The molecule has 1 amide bonds. The van der Waals surface area contributed by atoms with E-state index in [0.717, 1.165) is 17.1 Å². The molecule has 3 aromatic heterocycles. The fourth-order valence-electron chi connectivity index (χ4n) is 2.49. The number of aryl methyl sites for hydroxylation is 3. The zero-order chi connectivity index (χ0) is 16.6. The second kappa shape index (κ2) is 5.85. The van der Waals surface area contributed by atoms with Crippen molar-refractivity contribution in [2.45, 2.75) is 27.7 Å². The van der Waals surface area contributed by atoms with Crippen LogP contribution in [-0.4, -0.2) is 22.7 Å². The summed E-state index contributed by atoms with van der Waals surface area (Å²) in [6, 6.07) is 3.56. The molecule has 0 aromatic carbocycles. The lowest BCUT2D eigenvalue weighted by molar-refractivity contribution is 0.0366. The third-order valence-corrected chi connectivity index (χ3v) is 3.49. The third-order valence-electron chi connectivity index (χ3n) is 3.49. The molecule has 0 aliphatic carbocycles. The lowest BCUT2D eigenvalue weighted by Gasteiger charge is -2.07. The van der Waals surface area contributed by atoms with Crippen LogP contribution in [0.5, 0.6) is 0 Å². The maximum atomic E-state index is 12.4. The standard InChI is InChI=1S/C16H17N3O4/c1-5-21-19-15(20)12-7-13(11-6-8(2)22-10(11)4)17-16-14(12)9(3)18-23-16/h6-7H,5H2,1-4H3,(H,19,20). The van der Waals surface area contributed by atoms with Gasteiger partial charge in [0.2, 0.25) is 0 Å². The van der Waals surface area contributed by atoms with Gasteiger partial charge in [-0.15, -0.1) is 0 Å². The number of hydrogen-bond donors (Lipinski definition) is 1. The lowest BCUT2D eigenvalue weighted by Crippen LogP contribution is -2.24. The van der Waals surface area contributed by atoms with Crippen LogP contribution in [-0.2, 0) is 4.84 Å². The zero-order valence-corrected chi connectivity index (χ0v) is 13.4. The van der Waals surface area contributed by atoms with Gasteiger partial charge in [0, 0.05) is 5.56 Å². The summed E-state index contributed by atoms with van der Waals surface area (Å²) in [5.74, 6) is 1.12. The fourth-order valence-corrected chi connectivity index (χ4v) is 2.49. The van der Waals surface area contributed by atoms with E-state index in [1.54, 1.807) is 19.9 Å². The van der Waals surface area contributed by atoms with Crippen molar-refractivity contribution in [2.75, 3.05) is 6.61 Å². The Morgan fingerprint density at radius 2 is 2.09 bits per heavy atom. The van der Waals surface area contributed by atoms with Crippen molar-refractivity contribution in [3.63, 3.8) is 0 Å². The normalized spacial score (nSPS) is 11.1. The van der Waals surface area contributed by atoms with E-state index in [0.29, 0.717) is 34.7 Å². The second-order valence-electron chi connectivity index (χ2n) is 5.19. The Bertz CT molecular complexity index is 879. The molecule has 0 unspecified atom stereocenters. The van der Waals surface area contributed by atoms with Gasteiger partial charge >= 0.3 is 0 Å². The molecule has 0 atom stereocenters. The van der Waals surface area contributed by atoms with Crippen molar-refractivity contribution in [3.05, 3.63) is 34.9 Å². The molecule has 0 aliphatic rings. The highest BCUT2D eigenvalue weighted by atomic mass is 16.6. The van der Waals surface area contributed by atoms with Gasteiger partial charge < -0.3 is 8.94 Å². The Morgan fingerprint density at radius 1 is 1.30 bits per heavy atom. The number of amides is 1. The van der Waals surface area contributed by atoms with Crippen LogP contribution in [0.2, 0.25) is 0 Å². The van der Waals surface area contributed by atoms with Crippen LogP contribution in [0.15, 0.2) is 21.1 Å². The summed E-state index contributed by atoms with van der Waals surface area (Å²) in [6.07, 6.45) is 0. The first-order valence-corrected chi connectivity index (χ1v) is 7.27. The van der Waals surface area contributed by atoms with Gasteiger partial charge in [0.1, 0.15) is 11.5 Å². The average molecular weight is 315 g/mol. The van der Waals surface area contributed by atoms with E-state index in [2.05, 4.69) is 15.6 Å². The average Bonchev–Trinajstić information content (AvgIpc) is 3.06. The van der Waals surface area contributed by atoms with Crippen LogP contribution < -0.4 is 5.48 Å². The Kier molecular flexibility index (Phi) is 3.87. The van der Waals surface area contributed by atoms with Crippen molar-refractivity contribution in [1.29, 1.82) is 0 Å². The summed E-state index contributed by atoms with van der Waals surface area (Å²) in [4.78, 5) is 21.8. The van der Waals surface area contributed by atoms with Gasteiger partial charge in [0.25, 0.3) is 11.6 Å². The molecule has 0 saturated heterocycles. The highest BCUT2D eigenvalue weighted by Gasteiger charge is 2.21. The predicted octanol–water partition coefficient (Wildman–Crippen LogP) is 3.09. The predicted molar refractivity (Wildman–Crippen MR) is 82.8 cm³/mol. The van der Waals surface area contributed by atoms with Crippen LogP contribution in [0.4, 0.5) is 0 Å². The summed E-state index contributed by atoms with van der Waals surface area (Å²) in [6.45, 7) is 7.62. The molecule has 3 rings (SSSR count). The van der Waals surface area contributed by atoms with Crippen molar-refractivity contribution in [2.24, 2.45) is 0 Å². The van der Waals surface area contributed by atoms with E-state index in [1.807, 2.05) is 19.9 Å². The van der Waals surface area contributed by atoms with Gasteiger partial charge in [-0.2, -0.15) is 0 Å². The monoisotopic (exact) mass is 315 g/mol. The van der Waals surface area contributed by atoms with Gasteiger partial charge in [0.05, 0.1) is 28.9 Å². The Labute approximate surface area is 132 Å². The molecule has 7 nitrogen and oxygen atoms in total. The fraction of sp³-hybridized carbons (Fsp3) is 0.312. The molecule has 3 aromatic rings. The van der Waals surface area contributed by atoms with Crippen LogP contribution in [0.3, 0.4) is 0 Å². The number of fused-ring (bicyclic) bond motifs is 1. The van der Waals surface area contributed by atoms with Gasteiger partial charge in [0.15, 0.2) is 0 Å². The Morgan fingerprint density at radius 3 is 2.74 bits per heavy atom. The number of carbonyl (C=O) groups excluding carboxylic acids is 1. The molecular weight excluding hydrogens is 298 g/mol. The molecule has 7 heteroatoms. The third kappa shape index (κ3) is 2.70. The first-order valence-electron chi connectivity index (χ1n) is 7.27. The smallest absolute Gasteiger partial charge is 0.275 e. The van der Waals surface area contributed by atoms with E-state index in [4.69, 9.17) is 13.8 Å². The van der Waals surface area contributed by atoms with Crippen molar-refractivity contribution >= 4 is 17.0 Å². The number of carbonyl (C=O) groups is 1. The highest BCUT2D eigenvalue weighted by molar-refractivity contribution is 6.06. The molecule has 120 valence electrons. The molecular formula is C16H17N3O4. The first kappa shape index (κ1) is 15.2. The summed E-state index contributed by atoms with van der Waals surface area (Å²) < 4.78 is 10.8. The molecule has 3 heterocycles. The van der Waals surface area contributed by atoms with Crippen LogP contribution in [0, 0.1) is 20.8 Å². The second-order valence-corrected chi connectivity index (χ2v) is 5.19. The van der Waals surface area contributed by atoms with Crippen molar-refractivity contribution < 1.29 is 18.6 Å². The van der Waals surface area contributed by atoms with Gasteiger partial charge in [-0.3, -0.25) is 9.63 Å². The van der Waals surface area contributed by atoms with E-state index >= 15 is 0 Å². The molecule has 23 heavy (non-hydrogen) atoms. The number of furan rings is 1.